The molecular formula is C22H23N3O4S. The molecule has 8 heteroatoms. The van der Waals surface area contributed by atoms with Crippen molar-refractivity contribution in [2.75, 3.05) is 17.3 Å². The third-order valence-corrected chi connectivity index (χ3v) is 6.19. The van der Waals surface area contributed by atoms with Crippen LogP contribution in [0.25, 0.3) is 10.8 Å². The monoisotopic (exact) mass is 425 g/mol. The lowest BCUT2D eigenvalue weighted by molar-refractivity contribution is -0.119. The highest BCUT2D eigenvalue weighted by molar-refractivity contribution is 7.89. The average molecular weight is 426 g/mol. The summed E-state index contributed by atoms with van der Waals surface area (Å²) in [5.74, 6) is -0.636. The number of amides is 2. The van der Waals surface area contributed by atoms with E-state index in [0.717, 1.165) is 10.8 Å². The van der Waals surface area contributed by atoms with Crippen molar-refractivity contribution >= 4 is 44.0 Å². The van der Waals surface area contributed by atoms with Crippen molar-refractivity contribution in [3.8, 4) is 0 Å². The molecule has 3 rings (SSSR count). The molecule has 156 valence electrons. The van der Waals surface area contributed by atoms with E-state index < -0.39 is 16.1 Å². The van der Waals surface area contributed by atoms with Crippen molar-refractivity contribution in [3.05, 3.63) is 66.7 Å². The van der Waals surface area contributed by atoms with E-state index in [-0.39, 0.29) is 16.7 Å². The van der Waals surface area contributed by atoms with Gasteiger partial charge in [-0.25, -0.2) is 8.42 Å². The number of nitrogens with zero attached hydrogens (tertiary/aromatic N) is 1. The maximum atomic E-state index is 12.8. The molecule has 0 aromatic heterocycles. The molecule has 0 aliphatic carbocycles. The molecule has 0 saturated heterocycles. The fourth-order valence-corrected chi connectivity index (χ4v) is 4.27. The molecule has 2 N–H and O–H groups in total. The largest absolute Gasteiger partial charge is 0.326 e. The fraction of sp³-hybridized carbons (Fsp3) is 0.182. The number of hydrogen-bond donors (Lipinski definition) is 2. The Morgan fingerprint density at radius 2 is 1.57 bits per heavy atom. The number of fused-ring (bicyclic) bond motifs is 1. The second kappa shape index (κ2) is 8.64. The molecule has 0 aliphatic rings. The zero-order valence-electron chi connectivity index (χ0n) is 16.9. The zero-order valence-corrected chi connectivity index (χ0v) is 17.7. The van der Waals surface area contributed by atoms with Crippen LogP contribution in [0.15, 0.2) is 71.6 Å². The van der Waals surface area contributed by atoms with Gasteiger partial charge in [-0.2, -0.15) is 4.72 Å². The van der Waals surface area contributed by atoms with E-state index in [2.05, 4.69) is 10.0 Å². The van der Waals surface area contributed by atoms with E-state index in [1.807, 2.05) is 42.5 Å². The Morgan fingerprint density at radius 1 is 0.933 bits per heavy atom. The van der Waals surface area contributed by atoms with Crippen molar-refractivity contribution in [1.29, 1.82) is 0 Å². The van der Waals surface area contributed by atoms with Crippen LogP contribution in [0.5, 0.6) is 0 Å². The molecule has 3 aromatic rings. The van der Waals surface area contributed by atoms with E-state index in [9.17, 15) is 18.0 Å². The summed E-state index contributed by atoms with van der Waals surface area (Å²) >= 11 is 0. The van der Waals surface area contributed by atoms with E-state index in [1.165, 1.54) is 43.0 Å². The number of carbonyl (C=O) groups excluding carboxylic acids is 2. The predicted molar refractivity (Wildman–Crippen MR) is 118 cm³/mol. The van der Waals surface area contributed by atoms with Crippen LogP contribution >= 0.6 is 0 Å². The lowest BCUT2D eigenvalue weighted by Crippen LogP contribution is -2.45. The fourth-order valence-electron chi connectivity index (χ4n) is 3.07. The number of anilines is 2. The number of likely N-dealkylation sites (N-methyl/N-ethyl adjacent to an activating group) is 1. The molecule has 0 saturated carbocycles. The summed E-state index contributed by atoms with van der Waals surface area (Å²) in [6.07, 6.45) is 0. The minimum atomic E-state index is -3.91. The first kappa shape index (κ1) is 21.5. The van der Waals surface area contributed by atoms with Gasteiger partial charge in [-0.05, 0) is 54.1 Å². The first-order valence-electron chi connectivity index (χ1n) is 9.34. The Labute approximate surface area is 175 Å². The van der Waals surface area contributed by atoms with Gasteiger partial charge < -0.3 is 10.2 Å². The van der Waals surface area contributed by atoms with Crippen LogP contribution in [0.4, 0.5) is 11.4 Å². The van der Waals surface area contributed by atoms with Gasteiger partial charge in [-0.1, -0.05) is 30.3 Å². The molecule has 1 atom stereocenters. The summed E-state index contributed by atoms with van der Waals surface area (Å²) < 4.78 is 27.7. The van der Waals surface area contributed by atoms with Crippen molar-refractivity contribution in [2.24, 2.45) is 0 Å². The topological polar surface area (TPSA) is 95.6 Å². The van der Waals surface area contributed by atoms with Crippen LogP contribution in [-0.2, 0) is 19.6 Å². The van der Waals surface area contributed by atoms with Crippen LogP contribution in [0, 0.1) is 0 Å². The number of rotatable bonds is 6. The highest BCUT2D eigenvalue weighted by atomic mass is 32.2. The Kier molecular flexibility index (Phi) is 6.19. The molecule has 0 radical (unpaired) electrons. The van der Waals surface area contributed by atoms with Gasteiger partial charge in [-0.15, -0.1) is 0 Å². The summed E-state index contributed by atoms with van der Waals surface area (Å²) in [6, 6.07) is 18.2. The number of nitrogens with one attached hydrogen (secondary N) is 2. The molecule has 0 spiro atoms. The first-order chi connectivity index (χ1) is 14.2. The summed E-state index contributed by atoms with van der Waals surface area (Å²) in [5, 5.41) is 4.62. The van der Waals surface area contributed by atoms with E-state index in [0.29, 0.717) is 11.4 Å². The zero-order chi connectivity index (χ0) is 21.9. The van der Waals surface area contributed by atoms with Crippen LogP contribution in [0.3, 0.4) is 0 Å². The molecule has 30 heavy (non-hydrogen) atoms. The Bertz CT molecular complexity index is 1190. The van der Waals surface area contributed by atoms with Crippen LogP contribution in [0.2, 0.25) is 0 Å². The number of carbonyl (C=O) groups is 2. The smallest absolute Gasteiger partial charge is 0.244 e. The van der Waals surface area contributed by atoms with Gasteiger partial charge in [0.25, 0.3) is 0 Å². The van der Waals surface area contributed by atoms with Gasteiger partial charge in [0.1, 0.15) is 0 Å². The second-order valence-corrected chi connectivity index (χ2v) is 8.69. The molecule has 0 bridgehead atoms. The van der Waals surface area contributed by atoms with Crippen molar-refractivity contribution in [2.45, 2.75) is 24.8 Å². The molecule has 1 unspecified atom stereocenters. The minimum absolute atomic E-state index is 0.00427. The van der Waals surface area contributed by atoms with Gasteiger partial charge >= 0.3 is 0 Å². The Balaban J connectivity index is 1.73. The van der Waals surface area contributed by atoms with Crippen molar-refractivity contribution < 1.29 is 18.0 Å². The highest BCUT2D eigenvalue weighted by Crippen LogP contribution is 2.22. The number of sulfonamides is 1. The number of hydrogen-bond acceptors (Lipinski definition) is 4. The minimum Gasteiger partial charge on any atom is -0.326 e. The Hall–Kier alpha value is -3.23. The van der Waals surface area contributed by atoms with Crippen LogP contribution in [0.1, 0.15) is 13.8 Å². The molecule has 7 nitrogen and oxygen atoms in total. The quantitative estimate of drug-likeness (QED) is 0.634. The van der Waals surface area contributed by atoms with Gasteiger partial charge in [0.05, 0.1) is 10.9 Å². The van der Waals surface area contributed by atoms with Crippen LogP contribution < -0.4 is 14.9 Å². The predicted octanol–water partition coefficient (Wildman–Crippen LogP) is 3.13. The summed E-state index contributed by atoms with van der Waals surface area (Å²) in [6.45, 7) is 2.87. The van der Waals surface area contributed by atoms with Gasteiger partial charge in [-0.3, -0.25) is 9.59 Å². The van der Waals surface area contributed by atoms with Gasteiger partial charge in [0.15, 0.2) is 0 Å². The molecule has 0 aliphatic heterocycles. The normalized spacial score (nSPS) is 12.4. The standard InChI is InChI=1S/C22H23N3O4S/c1-15(24-30(28,29)21-12-9-19(10-13-21)23-16(2)26)22(27)25(3)20-11-8-17-6-4-5-7-18(17)14-20/h4-15,24H,1-3H3,(H,23,26). The molecule has 0 heterocycles. The molecule has 2 amide bonds. The summed E-state index contributed by atoms with van der Waals surface area (Å²) in [7, 11) is -2.30. The van der Waals surface area contributed by atoms with Crippen LogP contribution in [-0.4, -0.2) is 33.3 Å². The average Bonchev–Trinajstić information content (AvgIpc) is 2.72. The van der Waals surface area contributed by atoms with E-state index >= 15 is 0 Å². The lowest BCUT2D eigenvalue weighted by Gasteiger charge is -2.22. The summed E-state index contributed by atoms with van der Waals surface area (Å²) in [4.78, 5) is 25.3. The van der Waals surface area contributed by atoms with Crippen molar-refractivity contribution in [1.82, 2.24) is 4.72 Å². The molecular weight excluding hydrogens is 402 g/mol. The lowest BCUT2D eigenvalue weighted by atomic mass is 10.1. The van der Waals surface area contributed by atoms with Gasteiger partial charge in [0, 0.05) is 25.3 Å². The summed E-state index contributed by atoms with van der Waals surface area (Å²) in [5.41, 5.74) is 1.16. The number of benzene rings is 3. The first-order valence-corrected chi connectivity index (χ1v) is 10.8. The third-order valence-electron chi connectivity index (χ3n) is 4.64. The van der Waals surface area contributed by atoms with E-state index in [1.54, 1.807) is 7.05 Å². The highest BCUT2D eigenvalue weighted by Gasteiger charge is 2.25. The SMILES string of the molecule is CC(=O)Nc1ccc(S(=O)(=O)NC(C)C(=O)N(C)c2ccc3ccccc3c2)cc1. The van der Waals surface area contributed by atoms with Gasteiger partial charge in [0.2, 0.25) is 21.8 Å². The molecule has 3 aromatic carbocycles. The maximum Gasteiger partial charge on any atom is 0.244 e. The van der Waals surface area contributed by atoms with Crippen molar-refractivity contribution in [3.63, 3.8) is 0 Å². The maximum absolute atomic E-state index is 12.8. The Morgan fingerprint density at radius 3 is 2.20 bits per heavy atom. The second-order valence-electron chi connectivity index (χ2n) is 6.98. The molecule has 0 fully saturated rings. The third kappa shape index (κ3) is 4.84. The van der Waals surface area contributed by atoms with E-state index in [4.69, 9.17) is 0 Å².